The van der Waals surface area contributed by atoms with Crippen LogP contribution in [-0.4, -0.2) is 41.4 Å². The van der Waals surface area contributed by atoms with E-state index in [9.17, 15) is 9.90 Å². The van der Waals surface area contributed by atoms with E-state index in [2.05, 4.69) is 0 Å². The predicted molar refractivity (Wildman–Crippen MR) is 64.7 cm³/mol. The lowest BCUT2D eigenvalue weighted by atomic mass is 9.84. The lowest BCUT2D eigenvalue weighted by molar-refractivity contribution is -0.00936. The van der Waals surface area contributed by atoms with Crippen LogP contribution >= 0.6 is 0 Å². The van der Waals surface area contributed by atoms with Gasteiger partial charge in [0.1, 0.15) is 0 Å². The Morgan fingerprint density at radius 2 is 1.69 bits per heavy atom. The molecule has 0 radical (unpaired) electrons. The average Bonchev–Trinajstić information content (AvgIpc) is 1.98. The maximum absolute atomic E-state index is 11.4. The maximum Gasteiger partial charge on any atom is 0.408 e. The number of ether oxygens (including phenoxy) is 1. The largest absolute Gasteiger partial charge is 0.465 e. The second-order valence-electron chi connectivity index (χ2n) is 6.16. The molecule has 1 N–H and O–H groups in total. The quantitative estimate of drug-likeness (QED) is 0.812. The molecule has 0 aromatic carbocycles. The number of nitrogens with zero attached hydrogens (tertiary/aromatic N) is 1. The van der Waals surface area contributed by atoms with Crippen molar-refractivity contribution in [2.24, 2.45) is 5.41 Å². The van der Waals surface area contributed by atoms with Crippen molar-refractivity contribution in [2.75, 3.05) is 13.7 Å². The van der Waals surface area contributed by atoms with Gasteiger partial charge in [-0.05, 0) is 26.2 Å². The molecule has 4 heteroatoms. The Bertz CT molecular complexity index is 238. The highest BCUT2D eigenvalue weighted by Gasteiger charge is 2.39. The van der Waals surface area contributed by atoms with Crippen LogP contribution in [0.5, 0.6) is 0 Å². The fraction of sp³-hybridized carbons (Fsp3) is 0.917. The summed E-state index contributed by atoms with van der Waals surface area (Å²) < 4.78 is 5.15. The zero-order valence-electron chi connectivity index (χ0n) is 11.5. The molecule has 96 valence electrons. The summed E-state index contributed by atoms with van der Waals surface area (Å²) in [5.74, 6) is 0. The molecule has 0 spiro atoms. The fourth-order valence-corrected chi connectivity index (χ4v) is 1.76. The first kappa shape index (κ1) is 15.2. The van der Waals surface area contributed by atoms with Gasteiger partial charge in [-0.1, -0.05) is 20.8 Å². The number of methoxy groups -OCH3 is 1. The number of hydrogen-bond donors (Lipinski definition) is 1. The van der Waals surface area contributed by atoms with Gasteiger partial charge in [0.05, 0.1) is 12.6 Å². The Kier molecular flexibility index (Phi) is 4.80. The summed E-state index contributed by atoms with van der Waals surface area (Å²) in [4.78, 5) is 12.9. The number of carboxylic acid groups (broad SMARTS) is 1. The number of hydrogen-bond acceptors (Lipinski definition) is 2. The number of carbonyl (C=O) groups is 1. The molecule has 0 rings (SSSR count). The highest BCUT2D eigenvalue weighted by Crippen LogP contribution is 2.30. The average molecular weight is 231 g/mol. The number of amides is 1. The van der Waals surface area contributed by atoms with Crippen molar-refractivity contribution >= 4 is 6.09 Å². The summed E-state index contributed by atoms with van der Waals surface area (Å²) in [6.45, 7) is 12.2. The monoisotopic (exact) mass is 231 g/mol. The van der Waals surface area contributed by atoms with E-state index in [4.69, 9.17) is 4.74 Å². The van der Waals surface area contributed by atoms with Crippen molar-refractivity contribution < 1.29 is 14.6 Å². The van der Waals surface area contributed by atoms with E-state index in [1.165, 1.54) is 4.90 Å². The minimum Gasteiger partial charge on any atom is -0.465 e. The van der Waals surface area contributed by atoms with E-state index in [-0.39, 0.29) is 11.5 Å². The molecule has 1 atom stereocenters. The van der Waals surface area contributed by atoms with Crippen LogP contribution in [-0.2, 0) is 4.74 Å². The van der Waals surface area contributed by atoms with Crippen LogP contribution in [0.25, 0.3) is 0 Å². The van der Waals surface area contributed by atoms with Crippen molar-refractivity contribution in [3.05, 3.63) is 0 Å². The minimum absolute atomic E-state index is 0.151. The smallest absolute Gasteiger partial charge is 0.408 e. The zero-order valence-corrected chi connectivity index (χ0v) is 11.5. The summed E-state index contributed by atoms with van der Waals surface area (Å²) in [5, 5.41) is 9.34. The van der Waals surface area contributed by atoms with Crippen molar-refractivity contribution in [1.82, 2.24) is 4.90 Å². The summed E-state index contributed by atoms with van der Waals surface area (Å²) in [5.41, 5.74) is -0.579. The van der Waals surface area contributed by atoms with E-state index in [0.717, 1.165) is 0 Å². The van der Waals surface area contributed by atoms with Crippen molar-refractivity contribution in [3.63, 3.8) is 0 Å². The fourth-order valence-electron chi connectivity index (χ4n) is 1.76. The molecule has 0 saturated heterocycles. The molecule has 1 amide bonds. The van der Waals surface area contributed by atoms with Crippen molar-refractivity contribution in [2.45, 2.75) is 53.1 Å². The highest BCUT2D eigenvalue weighted by atomic mass is 16.5. The molecule has 0 heterocycles. The molecule has 0 aliphatic carbocycles. The van der Waals surface area contributed by atoms with E-state index < -0.39 is 11.6 Å². The Balaban J connectivity index is 5.20. The molecule has 0 saturated carbocycles. The van der Waals surface area contributed by atoms with Gasteiger partial charge in [-0.3, -0.25) is 4.90 Å². The highest BCUT2D eigenvalue weighted by molar-refractivity contribution is 5.66. The summed E-state index contributed by atoms with van der Waals surface area (Å²) >= 11 is 0. The third-order valence-electron chi connectivity index (χ3n) is 2.56. The van der Waals surface area contributed by atoms with Crippen LogP contribution in [0.2, 0.25) is 0 Å². The van der Waals surface area contributed by atoms with E-state index in [1.807, 2.05) is 41.5 Å². The van der Waals surface area contributed by atoms with Gasteiger partial charge in [0.25, 0.3) is 0 Å². The molecular formula is C12H25NO3. The van der Waals surface area contributed by atoms with E-state index in [1.54, 1.807) is 7.11 Å². The summed E-state index contributed by atoms with van der Waals surface area (Å²) in [6, 6.07) is -0.157. The first-order chi connectivity index (χ1) is 7.01. The molecule has 0 aromatic rings. The second kappa shape index (κ2) is 5.04. The van der Waals surface area contributed by atoms with Crippen molar-refractivity contribution in [1.29, 1.82) is 0 Å². The molecule has 0 unspecified atom stereocenters. The molecular weight excluding hydrogens is 206 g/mol. The molecule has 0 bridgehead atoms. The molecule has 0 fully saturated rings. The first-order valence-electron chi connectivity index (χ1n) is 5.53. The lowest BCUT2D eigenvalue weighted by Gasteiger charge is -2.45. The Hall–Kier alpha value is -0.770. The zero-order chi connectivity index (χ0) is 13.1. The topological polar surface area (TPSA) is 49.8 Å². The van der Waals surface area contributed by atoms with E-state index in [0.29, 0.717) is 6.61 Å². The van der Waals surface area contributed by atoms with E-state index >= 15 is 0 Å². The van der Waals surface area contributed by atoms with Crippen LogP contribution in [0.4, 0.5) is 4.79 Å². The Morgan fingerprint density at radius 1 is 1.25 bits per heavy atom. The van der Waals surface area contributed by atoms with Gasteiger partial charge in [-0.15, -0.1) is 0 Å². The van der Waals surface area contributed by atoms with Crippen LogP contribution in [0.1, 0.15) is 41.5 Å². The summed E-state index contributed by atoms with van der Waals surface area (Å²) in [7, 11) is 1.60. The van der Waals surface area contributed by atoms with Crippen LogP contribution in [0.3, 0.4) is 0 Å². The third kappa shape index (κ3) is 4.00. The van der Waals surface area contributed by atoms with Gasteiger partial charge in [-0.2, -0.15) is 0 Å². The first-order valence-corrected chi connectivity index (χ1v) is 5.53. The van der Waals surface area contributed by atoms with Gasteiger partial charge in [0.2, 0.25) is 0 Å². The Labute approximate surface area is 98.6 Å². The van der Waals surface area contributed by atoms with Crippen LogP contribution in [0.15, 0.2) is 0 Å². The van der Waals surface area contributed by atoms with Gasteiger partial charge in [-0.25, -0.2) is 4.79 Å². The lowest BCUT2D eigenvalue weighted by Crippen LogP contribution is -2.57. The van der Waals surface area contributed by atoms with Gasteiger partial charge < -0.3 is 9.84 Å². The second-order valence-corrected chi connectivity index (χ2v) is 6.16. The minimum atomic E-state index is -0.899. The SMILES string of the molecule is COC[C@@H](N(C(=O)O)C(C)(C)C)C(C)(C)C. The molecule has 0 aliphatic rings. The van der Waals surface area contributed by atoms with Gasteiger partial charge in [0.15, 0.2) is 0 Å². The van der Waals surface area contributed by atoms with Crippen molar-refractivity contribution in [3.8, 4) is 0 Å². The van der Waals surface area contributed by atoms with Crippen LogP contribution in [0, 0.1) is 5.41 Å². The number of rotatable bonds is 3. The molecule has 4 nitrogen and oxygen atoms in total. The maximum atomic E-state index is 11.4. The third-order valence-corrected chi connectivity index (χ3v) is 2.56. The normalized spacial score (nSPS) is 14.7. The van der Waals surface area contributed by atoms with Gasteiger partial charge >= 0.3 is 6.09 Å². The standard InChI is InChI=1S/C12H25NO3/c1-11(2,3)9(8-16-7)13(10(14)15)12(4,5)6/h9H,8H2,1-7H3,(H,14,15)/t9-/m1/s1. The van der Waals surface area contributed by atoms with Crippen LogP contribution < -0.4 is 0 Å². The molecule has 0 aromatic heterocycles. The Morgan fingerprint density at radius 3 is 1.88 bits per heavy atom. The summed E-state index contributed by atoms with van der Waals surface area (Å²) in [6.07, 6.45) is -0.899. The van der Waals surface area contributed by atoms with Gasteiger partial charge in [0, 0.05) is 12.6 Å². The predicted octanol–water partition coefficient (Wildman–Crippen LogP) is 2.83. The molecule has 0 aliphatic heterocycles. The molecule has 16 heavy (non-hydrogen) atoms.